The first-order valence-corrected chi connectivity index (χ1v) is 34.4. The molecule has 468 valence electrons. The lowest BCUT2D eigenvalue weighted by Crippen LogP contribution is -1.94. The van der Waals surface area contributed by atoms with Gasteiger partial charge < -0.3 is 18.3 Å². The lowest BCUT2D eigenvalue weighted by Gasteiger charge is -2.11. The predicted octanol–water partition coefficient (Wildman–Crippen LogP) is 25.8. The van der Waals surface area contributed by atoms with Gasteiger partial charge in [-0.2, -0.15) is 0 Å². The van der Waals surface area contributed by atoms with Crippen LogP contribution in [-0.4, -0.2) is 18.3 Å². The summed E-state index contributed by atoms with van der Waals surface area (Å²) in [4.78, 5) is 0. The van der Waals surface area contributed by atoms with Gasteiger partial charge >= 0.3 is 0 Å². The van der Waals surface area contributed by atoms with Gasteiger partial charge in [-0.25, -0.2) is 0 Å². The van der Waals surface area contributed by atoms with Crippen molar-refractivity contribution in [2.75, 3.05) is 0 Å². The van der Waals surface area contributed by atoms with Crippen molar-refractivity contribution in [3.63, 3.8) is 0 Å². The highest BCUT2D eigenvalue weighted by molar-refractivity contribution is 6.19. The van der Waals surface area contributed by atoms with E-state index in [0.29, 0.717) is 0 Å². The van der Waals surface area contributed by atoms with Crippen LogP contribution in [-0.2, 0) is 0 Å². The highest BCUT2D eigenvalue weighted by Crippen LogP contribution is 2.45. The molecule has 16 aromatic carbocycles. The molecular weight excluding hydrogens is 1210 g/mol. The quantitative estimate of drug-likeness (QED) is 0.130. The molecule has 0 spiro atoms. The normalized spacial score (nSPS) is 11.6. The van der Waals surface area contributed by atoms with Gasteiger partial charge in [0.1, 0.15) is 0 Å². The second-order valence-corrected chi connectivity index (χ2v) is 25.9. The molecule has 0 fully saturated rings. The summed E-state index contributed by atoms with van der Waals surface area (Å²) in [6, 6.07) is 141. The van der Waals surface area contributed by atoms with E-state index in [9.17, 15) is 0 Å². The van der Waals surface area contributed by atoms with E-state index in [1.807, 2.05) is 0 Å². The molecule has 0 aliphatic rings. The van der Waals surface area contributed by atoms with Crippen molar-refractivity contribution < 1.29 is 0 Å². The van der Waals surface area contributed by atoms with Gasteiger partial charge in [-0.05, 0) is 176 Å². The second kappa shape index (κ2) is 24.4. The average Bonchev–Trinajstić information content (AvgIpc) is 1.58. The zero-order valence-corrected chi connectivity index (χ0v) is 54.7. The van der Waals surface area contributed by atoms with Crippen LogP contribution in [0.15, 0.2) is 388 Å². The number of hydrogen-bond donors (Lipinski definition) is 0. The van der Waals surface area contributed by atoms with Crippen LogP contribution in [0.25, 0.3) is 177 Å². The summed E-state index contributed by atoms with van der Waals surface area (Å²) in [5, 5.41) is 10.1. The molecule has 0 N–H and O–H groups in total. The smallest absolute Gasteiger partial charge is 0.0547 e. The van der Waals surface area contributed by atoms with Crippen molar-refractivity contribution in [3.05, 3.63) is 388 Å². The van der Waals surface area contributed by atoms with Crippen LogP contribution in [0.1, 0.15) is 0 Å². The Kier molecular flexibility index (Phi) is 14.2. The summed E-state index contributed by atoms with van der Waals surface area (Å²) in [5.41, 5.74) is 29.0. The zero-order valence-electron chi connectivity index (χ0n) is 54.7. The van der Waals surface area contributed by atoms with E-state index < -0.39 is 0 Å². The highest BCUT2D eigenvalue weighted by atomic mass is 15.0. The summed E-state index contributed by atoms with van der Waals surface area (Å²) in [6.45, 7) is 0. The largest absolute Gasteiger partial charge is 0.309 e. The van der Waals surface area contributed by atoms with Crippen LogP contribution in [0.3, 0.4) is 0 Å². The summed E-state index contributed by atoms with van der Waals surface area (Å²) in [5.74, 6) is 0. The molecular formula is C96H64N4. The minimum absolute atomic E-state index is 1.16. The van der Waals surface area contributed by atoms with Crippen molar-refractivity contribution in [2.24, 2.45) is 0 Å². The van der Waals surface area contributed by atoms with Gasteiger partial charge in [0.05, 0.1) is 44.1 Å². The van der Waals surface area contributed by atoms with Crippen LogP contribution in [0.5, 0.6) is 0 Å². The highest BCUT2D eigenvalue weighted by Gasteiger charge is 2.22. The van der Waals surface area contributed by atoms with E-state index in [1.165, 1.54) is 154 Å². The average molecular weight is 1270 g/mol. The van der Waals surface area contributed by atoms with E-state index in [2.05, 4.69) is 407 Å². The predicted molar refractivity (Wildman–Crippen MR) is 423 cm³/mol. The molecule has 4 nitrogen and oxygen atoms in total. The number of para-hydroxylation sites is 4. The SMILES string of the molecule is c1ccc(-c2ccc(-n3c4ccccc4c4cc(-c5cccc6c5c5ccccc5n6-c5ccc(-c6ccccc6)cc5)ccc43)cc2)cc1.c1ccc(-c2ccc(-n3c4ccccc4c4cc(-c5cccc6c5c5ccccc5n6-c5cccc(-c6ccccc6)c5)ccc43)cc2)cc1. The van der Waals surface area contributed by atoms with Crippen LogP contribution in [0.2, 0.25) is 0 Å². The Balaban J connectivity index is 0.000000139. The molecule has 100 heavy (non-hydrogen) atoms. The van der Waals surface area contributed by atoms with E-state index in [-0.39, 0.29) is 0 Å². The van der Waals surface area contributed by atoms with Crippen molar-refractivity contribution in [3.8, 4) is 89.5 Å². The summed E-state index contributed by atoms with van der Waals surface area (Å²) in [6.07, 6.45) is 0. The fourth-order valence-corrected chi connectivity index (χ4v) is 15.7. The van der Waals surface area contributed by atoms with Gasteiger partial charge in [0, 0.05) is 65.8 Å². The monoisotopic (exact) mass is 1270 g/mol. The van der Waals surface area contributed by atoms with E-state index in [4.69, 9.17) is 0 Å². The number of fused-ring (bicyclic) bond motifs is 12. The molecule has 4 heterocycles. The number of benzene rings is 16. The molecule has 0 unspecified atom stereocenters. The summed E-state index contributed by atoms with van der Waals surface area (Å²) < 4.78 is 9.63. The Morgan fingerprint density at radius 3 is 0.780 bits per heavy atom. The first-order chi connectivity index (χ1) is 49.6. The molecule has 0 radical (unpaired) electrons. The van der Waals surface area contributed by atoms with E-state index in [1.54, 1.807) is 0 Å². The second-order valence-electron chi connectivity index (χ2n) is 25.9. The van der Waals surface area contributed by atoms with Crippen LogP contribution in [0, 0.1) is 0 Å². The minimum Gasteiger partial charge on any atom is -0.309 e. The van der Waals surface area contributed by atoms with Gasteiger partial charge in [0.2, 0.25) is 0 Å². The Bertz CT molecular complexity index is 6450. The minimum atomic E-state index is 1.16. The van der Waals surface area contributed by atoms with E-state index in [0.717, 1.165) is 22.7 Å². The molecule has 0 bridgehead atoms. The Hall–Kier alpha value is -13.3. The number of aromatic nitrogens is 4. The first-order valence-electron chi connectivity index (χ1n) is 34.4. The van der Waals surface area contributed by atoms with Gasteiger partial charge in [-0.15, -0.1) is 0 Å². The van der Waals surface area contributed by atoms with Crippen LogP contribution < -0.4 is 0 Å². The standard InChI is InChI=1S/2C48H32N2/c1-3-13-33(14-4-1)35-25-28-38(29-26-35)49-44-22-9-7-19-41(44)43-32-37(27-30-46(43)49)40-21-12-24-47-48(40)42-20-8-10-23-45(42)50(47)39-18-11-17-36(31-39)34-15-5-2-6-16-34;1-3-12-33(13-4-1)35-22-27-38(28-23-35)49-44-19-9-7-16-41(44)43-32-37(26-31-46(43)49)40-18-11-21-47-48(40)42-17-8-10-20-45(42)50(47)39-29-24-36(25-30-39)34-14-5-2-6-15-34/h2*1-32H. The van der Waals surface area contributed by atoms with Crippen molar-refractivity contribution in [2.45, 2.75) is 0 Å². The summed E-state index contributed by atoms with van der Waals surface area (Å²) >= 11 is 0. The van der Waals surface area contributed by atoms with Gasteiger partial charge in [0.15, 0.2) is 0 Å². The van der Waals surface area contributed by atoms with Gasteiger partial charge in [-0.3, -0.25) is 0 Å². The molecule has 0 aliphatic carbocycles. The molecule has 0 amide bonds. The topological polar surface area (TPSA) is 19.7 Å². The Morgan fingerprint density at radius 1 is 0.130 bits per heavy atom. The molecule has 4 aromatic heterocycles. The fourth-order valence-electron chi connectivity index (χ4n) is 15.7. The van der Waals surface area contributed by atoms with Crippen molar-refractivity contribution in [1.82, 2.24) is 18.3 Å². The molecule has 0 saturated carbocycles. The Morgan fingerprint density at radius 2 is 0.390 bits per heavy atom. The number of nitrogens with zero attached hydrogens (tertiary/aromatic N) is 4. The van der Waals surface area contributed by atoms with Gasteiger partial charge in [-0.1, -0.05) is 279 Å². The molecule has 20 rings (SSSR count). The van der Waals surface area contributed by atoms with Crippen LogP contribution in [0.4, 0.5) is 0 Å². The maximum Gasteiger partial charge on any atom is 0.0547 e. The fraction of sp³-hybridized carbons (Fsp3) is 0. The third-order valence-electron chi connectivity index (χ3n) is 20.3. The lowest BCUT2D eigenvalue weighted by atomic mass is 9.98. The maximum atomic E-state index is 2.42. The third kappa shape index (κ3) is 9.92. The van der Waals surface area contributed by atoms with Crippen LogP contribution >= 0.6 is 0 Å². The lowest BCUT2D eigenvalue weighted by molar-refractivity contribution is 1.18. The zero-order chi connectivity index (χ0) is 66.0. The summed E-state index contributed by atoms with van der Waals surface area (Å²) in [7, 11) is 0. The number of hydrogen-bond acceptors (Lipinski definition) is 0. The molecule has 0 atom stereocenters. The van der Waals surface area contributed by atoms with E-state index >= 15 is 0 Å². The molecule has 0 saturated heterocycles. The van der Waals surface area contributed by atoms with Gasteiger partial charge in [0.25, 0.3) is 0 Å². The maximum absolute atomic E-state index is 2.42. The molecule has 0 aliphatic heterocycles. The molecule has 4 heteroatoms. The number of rotatable bonds is 10. The Labute approximate surface area is 579 Å². The van der Waals surface area contributed by atoms with Crippen molar-refractivity contribution in [1.29, 1.82) is 0 Å². The first kappa shape index (κ1) is 58.1. The van der Waals surface area contributed by atoms with Crippen molar-refractivity contribution >= 4 is 87.2 Å². The third-order valence-corrected chi connectivity index (χ3v) is 20.3. The molecule has 20 aromatic rings.